The zero-order chi connectivity index (χ0) is 14.4. The van der Waals surface area contributed by atoms with Crippen molar-refractivity contribution in [2.75, 3.05) is 30.9 Å². The second-order valence-electron chi connectivity index (χ2n) is 4.58. The predicted molar refractivity (Wildman–Crippen MR) is 81.6 cm³/mol. The second-order valence-corrected chi connectivity index (χ2v) is 4.58. The fourth-order valence-corrected chi connectivity index (χ4v) is 1.83. The van der Waals surface area contributed by atoms with Crippen molar-refractivity contribution in [3.05, 3.63) is 41.7 Å². The van der Waals surface area contributed by atoms with E-state index in [2.05, 4.69) is 40.5 Å². The van der Waals surface area contributed by atoms with E-state index >= 15 is 0 Å². The molecule has 20 heavy (non-hydrogen) atoms. The minimum Gasteiger partial charge on any atom is -0.383 e. The van der Waals surface area contributed by atoms with Crippen LogP contribution in [0.3, 0.4) is 0 Å². The SMILES string of the molecule is COCCNc1cc(Nc2cccc(C)c2C)ncn1. The summed E-state index contributed by atoms with van der Waals surface area (Å²) in [6.07, 6.45) is 1.54. The van der Waals surface area contributed by atoms with Crippen molar-refractivity contribution in [2.24, 2.45) is 0 Å². The van der Waals surface area contributed by atoms with Crippen LogP contribution in [0.1, 0.15) is 11.1 Å². The van der Waals surface area contributed by atoms with Gasteiger partial charge in [-0.3, -0.25) is 0 Å². The van der Waals surface area contributed by atoms with Crippen LogP contribution in [0.5, 0.6) is 0 Å². The highest BCUT2D eigenvalue weighted by atomic mass is 16.5. The summed E-state index contributed by atoms with van der Waals surface area (Å²) >= 11 is 0. The molecule has 106 valence electrons. The van der Waals surface area contributed by atoms with Crippen molar-refractivity contribution in [3.8, 4) is 0 Å². The van der Waals surface area contributed by atoms with Gasteiger partial charge in [0.25, 0.3) is 0 Å². The fourth-order valence-electron chi connectivity index (χ4n) is 1.83. The van der Waals surface area contributed by atoms with E-state index in [9.17, 15) is 0 Å². The van der Waals surface area contributed by atoms with Crippen molar-refractivity contribution < 1.29 is 4.74 Å². The molecule has 0 unspecified atom stereocenters. The molecule has 0 spiro atoms. The number of benzene rings is 1. The largest absolute Gasteiger partial charge is 0.383 e. The van der Waals surface area contributed by atoms with E-state index in [1.165, 1.54) is 11.1 Å². The van der Waals surface area contributed by atoms with E-state index in [4.69, 9.17) is 4.74 Å². The van der Waals surface area contributed by atoms with Gasteiger partial charge in [-0.2, -0.15) is 0 Å². The summed E-state index contributed by atoms with van der Waals surface area (Å²) in [5.41, 5.74) is 3.54. The number of nitrogens with one attached hydrogen (secondary N) is 2. The average Bonchev–Trinajstić information content (AvgIpc) is 2.45. The third-order valence-corrected chi connectivity index (χ3v) is 3.15. The van der Waals surface area contributed by atoms with Crippen LogP contribution in [0, 0.1) is 13.8 Å². The molecule has 5 heteroatoms. The molecule has 0 amide bonds. The minimum absolute atomic E-state index is 0.643. The number of ether oxygens (including phenoxy) is 1. The topological polar surface area (TPSA) is 59.1 Å². The Kier molecular flexibility index (Phi) is 4.90. The second kappa shape index (κ2) is 6.86. The lowest BCUT2D eigenvalue weighted by Crippen LogP contribution is -2.09. The molecular weight excluding hydrogens is 252 g/mol. The van der Waals surface area contributed by atoms with Gasteiger partial charge in [-0.1, -0.05) is 12.1 Å². The van der Waals surface area contributed by atoms with Gasteiger partial charge in [-0.15, -0.1) is 0 Å². The molecule has 0 aliphatic rings. The van der Waals surface area contributed by atoms with Crippen molar-refractivity contribution >= 4 is 17.3 Å². The summed E-state index contributed by atoms with van der Waals surface area (Å²) in [5, 5.41) is 6.50. The molecule has 0 atom stereocenters. The van der Waals surface area contributed by atoms with Crippen molar-refractivity contribution in [2.45, 2.75) is 13.8 Å². The number of anilines is 3. The van der Waals surface area contributed by atoms with Crippen molar-refractivity contribution in [1.29, 1.82) is 0 Å². The number of hydrogen-bond donors (Lipinski definition) is 2. The zero-order valence-corrected chi connectivity index (χ0v) is 12.1. The van der Waals surface area contributed by atoms with Gasteiger partial charge in [-0.05, 0) is 31.0 Å². The first-order valence-electron chi connectivity index (χ1n) is 6.59. The van der Waals surface area contributed by atoms with Gasteiger partial charge in [0.1, 0.15) is 18.0 Å². The molecule has 0 aliphatic carbocycles. The highest BCUT2D eigenvalue weighted by molar-refractivity contribution is 5.63. The normalized spacial score (nSPS) is 10.3. The number of rotatable bonds is 6. The van der Waals surface area contributed by atoms with Crippen LogP contribution in [-0.4, -0.2) is 30.2 Å². The Morgan fingerprint density at radius 2 is 1.95 bits per heavy atom. The highest BCUT2D eigenvalue weighted by Crippen LogP contribution is 2.22. The number of aryl methyl sites for hydroxylation is 1. The van der Waals surface area contributed by atoms with Crippen LogP contribution in [-0.2, 0) is 4.74 Å². The van der Waals surface area contributed by atoms with E-state index in [1.54, 1.807) is 13.4 Å². The van der Waals surface area contributed by atoms with Crippen LogP contribution in [0.4, 0.5) is 17.3 Å². The van der Waals surface area contributed by atoms with Gasteiger partial charge >= 0.3 is 0 Å². The van der Waals surface area contributed by atoms with E-state index in [0.717, 1.165) is 23.9 Å². The van der Waals surface area contributed by atoms with E-state index in [-0.39, 0.29) is 0 Å². The van der Waals surface area contributed by atoms with Crippen LogP contribution in [0.2, 0.25) is 0 Å². The van der Waals surface area contributed by atoms with Gasteiger partial charge in [0, 0.05) is 25.4 Å². The molecule has 0 saturated carbocycles. The third kappa shape index (κ3) is 3.68. The van der Waals surface area contributed by atoms with Crippen LogP contribution >= 0.6 is 0 Å². The van der Waals surface area contributed by atoms with Crippen LogP contribution in [0.15, 0.2) is 30.6 Å². The van der Waals surface area contributed by atoms with E-state index in [1.807, 2.05) is 18.2 Å². The van der Waals surface area contributed by atoms with Gasteiger partial charge in [0.15, 0.2) is 0 Å². The maximum atomic E-state index is 5.00. The van der Waals surface area contributed by atoms with E-state index in [0.29, 0.717) is 6.61 Å². The Morgan fingerprint density at radius 1 is 1.15 bits per heavy atom. The summed E-state index contributed by atoms with van der Waals surface area (Å²) in [4.78, 5) is 8.42. The summed E-state index contributed by atoms with van der Waals surface area (Å²) < 4.78 is 5.00. The Balaban J connectivity index is 2.09. The zero-order valence-electron chi connectivity index (χ0n) is 12.1. The van der Waals surface area contributed by atoms with Crippen molar-refractivity contribution in [1.82, 2.24) is 9.97 Å². The Hall–Kier alpha value is -2.14. The summed E-state index contributed by atoms with van der Waals surface area (Å²) in [6, 6.07) is 8.06. The molecule has 5 nitrogen and oxygen atoms in total. The molecule has 2 aromatic rings. The maximum absolute atomic E-state index is 5.00. The molecular formula is C15H20N4O. The number of hydrogen-bond acceptors (Lipinski definition) is 5. The first kappa shape index (κ1) is 14.3. The van der Waals surface area contributed by atoms with Gasteiger partial charge in [0.05, 0.1) is 6.61 Å². The predicted octanol–water partition coefficient (Wildman–Crippen LogP) is 2.90. The van der Waals surface area contributed by atoms with Gasteiger partial charge < -0.3 is 15.4 Å². The lowest BCUT2D eigenvalue weighted by Gasteiger charge is -2.11. The third-order valence-electron chi connectivity index (χ3n) is 3.15. The smallest absolute Gasteiger partial charge is 0.135 e. The lowest BCUT2D eigenvalue weighted by atomic mass is 10.1. The molecule has 0 radical (unpaired) electrons. The Labute approximate surface area is 119 Å². The molecule has 1 heterocycles. The monoisotopic (exact) mass is 272 g/mol. The first-order chi connectivity index (χ1) is 9.70. The quantitative estimate of drug-likeness (QED) is 0.792. The molecule has 2 rings (SSSR count). The molecule has 1 aromatic heterocycles. The van der Waals surface area contributed by atoms with Crippen LogP contribution in [0.25, 0.3) is 0 Å². The lowest BCUT2D eigenvalue weighted by molar-refractivity contribution is 0.210. The number of methoxy groups -OCH3 is 1. The number of aromatic nitrogens is 2. The molecule has 0 aliphatic heterocycles. The average molecular weight is 272 g/mol. The summed E-state index contributed by atoms with van der Waals surface area (Å²) in [7, 11) is 1.68. The summed E-state index contributed by atoms with van der Waals surface area (Å²) in [6.45, 7) is 5.55. The van der Waals surface area contributed by atoms with Gasteiger partial charge in [-0.25, -0.2) is 9.97 Å². The molecule has 2 N–H and O–H groups in total. The Morgan fingerprint density at radius 3 is 2.75 bits per heavy atom. The number of nitrogens with zero attached hydrogens (tertiary/aromatic N) is 2. The summed E-state index contributed by atoms with van der Waals surface area (Å²) in [5.74, 6) is 1.55. The minimum atomic E-state index is 0.643. The van der Waals surface area contributed by atoms with Crippen LogP contribution < -0.4 is 10.6 Å². The first-order valence-corrected chi connectivity index (χ1v) is 6.59. The van der Waals surface area contributed by atoms with E-state index < -0.39 is 0 Å². The molecule has 0 bridgehead atoms. The maximum Gasteiger partial charge on any atom is 0.135 e. The molecule has 1 aromatic carbocycles. The standard InChI is InChI=1S/C15H20N4O/c1-11-5-4-6-13(12(11)2)19-15-9-14(17-10-18-15)16-7-8-20-3/h4-6,9-10H,7-8H2,1-3H3,(H2,16,17,18,19). The Bertz CT molecular complexity index is 572. The molecule has 0 fully saturated rings. The van der Waals surface area contributed by atoms with Crippen molar-refractivity contribution in [3.63, 3.8) is 0 Å². The fraction of sp³-hybridized carbons (Fsp3) is 0.333. The molecule has 0 saturated heterocycles. The highest BCUT2D eigenvalue weighted by Gasteiger charge is 2.03. The van der Waals surface area contributed by atoms with Gasteiger partial charge in [0.2, 0.25) is 0 Å².